The van der Waals surface area contributed by atoms with E-state index in [1.54, 1.807) is 0 Å². The number of nitro benzene ring substituents is 1. The Labute approximate surface area is 128 Å². The van der Waals surface area contributed by atoms with E-state index < -0.39 is 16.9 Å². The fourth-order valence-electron chi connectivity index (χ4n) is 1.68. The van der Waals surface area contributed by atoms with Crippen LogP contribution in [0, 0.1) is 10.1 Å². The third-order valence-electron chi connectivity index (χ3n) is 2.73. The second-order valence-electron chi connectivity index (χ2n) is 4.05. The number of nitrogens with zero attached hydrogens (tertiary/aromatic N) is 3. The molecule has 0 radical (unpaired) electrons. The smallest absolute Gasteiger partial charge is 0.354 e. The van der Waals surface area contributed by atoms with Gasteiger partial charge in [0.15, 0.2) is 5.52 Å². The predicted molar refractivity (Wildman–Crippen MR) is 74.2 cm³/mol. The number of anilines is 1. The van der Waals surface area contributed by atoms with Crippen LogP contribution in [0.2, 0.25) is 0 Å². The van der Waals surface area contributed by atoms with Gasteiger partial charge in [0.2, 0.25) is 5.52 Å². The number of fused-ring (bicyclic) bond motifs is 1. The molecule has 0 fully saturated rings. The summed E-state index contributed by atoms with van der Waals surface area (Å²) in [6.07, 6.45) is 0.868. The number of nitro groups is 1. The number of nitrogens with one attached hydrogen (secondary N) is 1. The van der Waals surface area contributed by atoms with Gasteiger partial charge in [0.25, 0.3) is 0 Å². The third kappa shape index (κ3) is 3.23. The highest BCUT2D eigenvalue weighted by molar-refractivity contribution is 6.02. The molecular formula is C12H10N4O7. The number of benzene rings is 1. The zero-order valence-electron chi connectivity index (χ0n) is 11.9. The topological polar surface area (TPSA) is 147 Å². The van der Waals surface area contributed by atoms with E-state index in [9.17, 15) is 19.7 Å². The summed E-state index contributed by atoms with van der Waals surface area (Å²) < 4.78 is 13.5. The molecule has 11 nitrogen and oxygen atoms in total. The molecule has 1 N–H and O–H groups in total. The zero-order valence-corrected chi connectivity index (χ0v) is 11.9. The van der Waals surface area contributed by atoms with Crippen LogP contribution in [-0.2, 0) is 19.1 Å². The molecule has 2 aromatic rings. The predicted octanol–water partition coefficient (Wildman–Crippen LogP) is 0.773. The van der Waals surface area contributed by atoms with Crippen molar-refractivity contribution in [3.8, 4) is 0 Å². The fraction of sp³-hybridized carbons (Fsp3) is 0.167. The van der Waals surface area contributed by atoms with Gasteiger partial charge < -0.3 is 14.8 Å². The Morgan fingerprint density at radius 2 is 1.96 bits per heavy atom. The van der Waals surface area contributed by atoms with Crippen molar-refractivity contribution in [3.63, 3.8) is 0 Å². The molecule has 0 spiro atoms. The highest BCUT2D eigenvalue weighted by Gasteiger charge is 2.21. The molecule has 0 aliphatic rings. The van der Waals surface area contributed by atoms with Gasteiger partial charge in [0.1, 0.15) is 5.70 Å². The average molecular weight is 322 g/mol. The van der Waals surface area contributed by atoms with Crippen molar-refractivity contribution in [1.29, 1.82) is 0 Å². The molecule has 1 aromatic carbocycles. The lowest BCUT2D eigenvalue weighted by atomic mass is 10.2. The first-order chi connectivity index (χ1) is 11.0. The Kier molecular flexibility index (Phi) is 4.50. The summed E-state index contributed by atoms with van der Waals surface area (Å²) in [5.41, 5.74) is -0.505. The van der Waals surface area contributed by atoms with Crippen molar-refractivity contribution in [1.82, 2.24) is 10.3 Å². The highest BCUT2D eigenvalue weighted by atomic mass is 16.6. The summed E-state index contributed by atoms with van der Waals surface area (Å²) in [6.45, 7) is 0. The molecule has 0 saturated carbocycles. The molecule has 0 aliphatic heterocycles. The SMILES string of the molecule is COC(=O)/C=C(/Nc1ccc([N+](=O)[O-])c2nonc12)C(=O)OC. The van der Waals surface area contributed by atoms with Crippen LogP contribution in [0.25, 0.3) is 11.0 Å². The van der Waals surface area contributed by atoms with E-state index in [-0.39, 0.29) is 28.1 Å². The number of aromatic nitrogens is 2. The molecule has 11 heteroatoms. The van der Waals surface area contributed by atoms with Gasteiger partial charge >= 0.3 is 17.6 Å². The van der Waals surface area contributed by atoms with E-state index in [1.807, 2.05) is 0 Å². The Morgan fingerprint density at radius 3 is 2.57 bits per heavy atom. The standard InChI is InChI=1S/C12H10N4O7/c1-21-9(17)5-7(12(18)22-2)13-6-3-4-8(16(19)20)11-10(6)14-23-15-11/h3-5,13H,1-2H3/b7-5+. The van der Waals surface area contributed by atoms with Gasteiger partial charge in [0.05, 0.1) is 30.9 Å². The second kappa shape index (κ2) is 6.51. The van der Waals surface area contributed by atoms with Crippen molar-refractivity contribution in [2.75, 3.05) is 19.5 Å². The maximum absolute atomic E-state index is 11.7. The largest absolute Gasteiger partial charge is 0.466 e. The van der Waals surface area contributed by atoms with Gasteiger partial charge in [-0.05, 0) is 16.4 Å². The average Bonchev–Trinajstić information content (AvgIpc) is 3.02. The Balaban J connectivity index is 2.47. The van der Waals surface area contributed by atoms with Gasteiger partial charge in [0, 0.05) is 6.07 Å². The van der Waals surface area contributed by atoms with E-state index in [0.29, 0.717) is 0 Å². The van der Waals surface area contributed by atoms with Gasteiger partial charge in [-0.15, -0.1) is 0 Å². The van der Waals surface area contributed by atoms with Gasteiger partial charge in [-0.2, -0.15) is 0 Å². The van der Waals surface area contributed by atoms with Crippen LogP contribution in [0.3, 0.4) is 0 Å². The minimum atomic E-state index is -0.849. The Hall–Kier alpha value is -3.50. The maximum atomic E-state index is 11.7. The first-order valence-corrected chi connectivity index (χ1v) is 6.02. The number of rotatable bonds is 5. The second-order valence-corrected chi connectivity index (χ2v) is 4.05. The normalized spacial score (nSPS) is 11.1. The van der Waals surface area contributed by atoms with Crippen molar-refractivity contribution in [2.24, 2.45) is 0 Å². The summed E-state index contributed by atoms with van der Waals surface area (Å²) >= 11 is 0. The molecule has 0 bridgehead atoms. The van der Waals surface area contributed by atoms with Crippen LogP contribution in [0.15, 0.2) is 28.5 Å². The lowest BCUT2D eigenvalue weighted by Crippen LogP contribution is -2.15. The van der Waals surface area contributed by atoms with Crippen molar-refractivity contribution in [2.45, 2.75) is 0 Å². The van der Waals surface area contributed by atoms with E-state index in [2.05, 4.69) is 29.7 Å². The number of esters is 2. The minimum Gasteiger partial charge on any atom is -0.466 e. The molecule has 1 heterocycles. The number of ether oxygens (including phenoxy) is 2. The van der Waals surface area contributed by atoms with E-state index in [4.69, 9.17) is 0 Å². The van der Waals surface area contributed by atoms with E-state index in [0.717, 1.165) is 26.4 Å². The Bertz CT molecular complexity index is 811. The number of carbonyl (C=O) groups is 2. The van der Waals surface area contributed by atoms with Crippen molar-refractivity contribution in [3.05, 3.63) is 34.0 Å². The first-order valence-electron chi connectivity index (χ1n) is 6.02. The quantitative estimate of drug-likeness (QED) is 0.362. The van der Waals surface area contributed by atoms with E-state index >= 15 is 0 Å². The first kappa shape index (κ1) is 15.9. The van der Waals surface area contributed by atoms with Crippen molar-refractivity contribution >= 4 is 34.3 Å². The highest BCUT2D eigenvalue weighted by Crippen LogP contribution is 2.29. The number of carbonyl (C=O) groups excluding carboxylic acids is 2. The third-order valence-corrected chi connectivity index (χ3v) is 2.73. The zero-order chi connectivity index (χ0) is 17.0. The molecular weight excluding hydrogens is 312 g/mol. The lowest BCUT2D eigenvalue weighted by Gasteiger charge is -2.08. The monoisotopic (exact) mass is 322 g/mol. The van der Waals surface area contributed by atoms with Crippen LogP contribution in [0.5, 0.6) is 0 Å². The molecule has 120 valence electrons. The van der Waals surface area contributed by atoms with Gasteiger partial charge in [-0.3, -0.25) is 10.1 Å². The number of methoxy groups -OCH3 is 2. The van der Waals surface area contributed by atoms with Crippen LogP contribution < -0.4 is 5.32 Å². The fourth-order valence-corrected chi connectivity index (χ4v) is 1.68. The minimum absolute atomic E-state index is 0.0128. The number of non-ortho nitro benzene ring substituents is 1. The molecule has 0 aliphatic carbocycles. The van der Waals surface area contributed by atoms with Crippen LogP contribution in [-0.4, -0.2) is 41.4 Å². The molecule has 0 amide bonds. The summed E-state index contributed by atoms with van der Waals surface area (Å²) in [6, 6.07) is 2.45. The summed E-state index contributed by atoms with van der Waals surface area (Å²) in [4.78, 5) is 33.3. The summed E-state index contributed by atoms with van der Waals surface area (Å²) in [5, 5.41) is 20.5. The molecule has 0 atom stereocenters. The molecule has 23 heavy (non-hydrogen) atoms. The van der Waals surface area contributed by atoms with E-state index in [1.165, 1.54) is 6.07 Å². The molecule has 2 rings (SSSR count). The van der Waals surface area contributed by atoms with Crippen LogP contribution in [0.4, 0.5) is 11.4 Å². The maximum Gasteiger partial charge on any atom is 0.354 e. The summed E-state index contributed by atoms with van der Waals surface area (Å²) in [5.74, 6) is -1.65. The van der Waals surface area contributed by atoms with Gasteiger partial charge in [-0.25, -0.2) is 14.2 Å². The van der Waals surface area contributed by atoms with Crippen LogP contribution >= 0.6 is 0 Å². The lowest BCUT2D eigenvalue weighted by molar-refractivity contribution is -0.383. The number of hydrogen-bond acceptors (Lipinski definition) is 10. The molecule has 0 unspecified atom stereocenters. The van der Waals surface area contributed by atoms with Gasteiger partial charge in [-0.1, -0.05) is 0 Å². The Morgan fingerprint density at radius 1 is 1.26 bits per heavy atom. The molecule has 0 saturated heterocycles. The molecule has 1 aromatic heterocycles. The van der Waals surface area contributed by atoms with Crippen LogP contribution in [0.1, 0.15) is 0 Å². The van der Waals surface area contributed by atoms with Crippen molar-refractivity contribution < 1.29 is 28.6 Å². The summed E-state index contributed by atoms with van der Waals surface area (Å²) in [7, 11) is 2.26. The number of hydrogen-bond donors (Lipinski definition) is 1.